The molecule has 1 aliphatic carbocycles. The third-order valence-electron chi connectivity index (χ3n) is 4.81. The topological polar surface area (TPSA) is 58.4 Å². The van der Waals surface area contributed by atoms with Gasteiger partial charge in [-0.2, -0.15) is 0 Å². The smallest absolute Gasteiger partial charge is 0.318 e. The molecule has 0 unspecified atom stereocenters. The Kier molecular flexibility index (Phi) is 4.79. The van der Waals surface area contributed by atoms with Gasteiger partial charge >= 0.3 is 6.03 Å². The Balaban J connectivity index is 1.79. The lowest BCUT2D eigenvalue weighted by molar-refractivity contribution is 0.170. The minimum Gasteiger partial charge on any atom is -0.361 e. The maximum Gasteiger partial charge on any atom is 0.318 e. The van der Waals surface area contributed by atoms with Crippen LogP contribution in [0.4, 0.5) is 9.18 Å². The zero-order valence-electron chi connectivity index (χ0n) is 15.0. The lowest BCUT2D eigenvalue weighted by atomic mass is 10.1. The number of hydrogen-bond donors (Lipinski definition) is 1. The fourth-order valence-corrected chi connectivity index (χ4v) is 3.41. The highest BCUT2D eigenvalue weighted by Gasteiger charge is 2.37. The second kappa shape index (κ2) is 6.86. The minimum absolute atomic E-state index is 0.159. The zero-order valence-corrected chi connectivity index (χ0v) is 15.0. The molecule has 1 saturated carbocycles. The lowest BCUT2D eigenvalue weighted by Crippen LogP contribution is -2.44. The van der Waals surface area contributed by atoms with Gasteiger partial charge < -0.3 is 14.7 Å². The van der Waals surface area contributed by atoms with Crippen LogP contribution in [0.5, 0.6) is 0 Å². The lowest BCUT2D eigenvalue weighted by Gasteiger charge is -2.31. The van der Waals surface area contributed by atoms with Crippen molar-refractivity contribution in [1.29, 1.82) is 0 Å². The van der Waals surface area contributed by atoms with Gasteiger partial charge in [-0.3, -0.25) is 0 Å². The molecule has 6 heteroatoms. The molecule has 0 spiro atoms. The Labute approximate surface area is 147 Å². The second-order valence-electron chi connectivity index (χ2n) is 6.74. The summed E-state index contributed by atoms with van der Waals surface area (Å²) in [4.78, 5) is 14.7. The van der Waals surface area contributed by atoms with Crippen LogP contribution in [0.2, 0.25) is 0 Å². The summed E-state index contributed by atoms with van der Waals surface area (Å²) in [6, 6.07) is 6.04. The number of amides is 2. The fourth-order valence-electron chi connectivity index (χ4n) is 3.41. The number of nitrogens with zero attached hydrogens (tertiary/aromatic N) is 2. The molecule has 1 N–H and O–H groups in total. The molecule has 2 amide bonds. The molecular formula is C19H24FN3O2. The Morgan fingerprint density at radius 2 is 2.00 bits per heavy atom. The number of aromatic nitrogens is 1. The van der Waals surface area contributed by atoms with E-state index in [1.165, 1.54) is 6.07 Å². The molecule has 2 atom stereocenters. The van der Waals surface area contributed by atoms with Crippen LogP contribution in [0.3, 0.4) is 0 Å². The predicted molar refractivity (Wildman–Crippen MR) is 92.6 cm³/mol. The van der Waals surface area contributed by atoms with Gasteiger partial charge in [0.1, 0.15) is 11.6 Å². The average molecular weight is 345 g/mol. The van der Waals surface area contributed by atoms with E-state index < -0.39 is 0 Å². The van der Waals surface area contributed by atoms with E-state index >= 15 is 0 Å². The van der Waals surface area contributed by atoms with E-state index in [1.807, 2.05) is 27.7 Å². The van der Waals surface area contributed by atoms with Crippen LogP contribution < -0.4 is 5.32 Å². The van der Waals surface area contributed by atoms with Gasteiger partial charge in [0.15, 0.2) is 0 Å². The molecule has 134 valence electrons. The monoisotopic (exact) mass is 345 g/mol. The van der Waals surface area contributed by atoms with Crippen molar-refractivity contribution < 1.29 is 13.7 Å². The fraction of sp³-hybridized carbons (Fsp3) is 0.474. The van der Waals surface area contributed by atoms with Crippen LogP contribution in [-0.2, 0) is 0 Å². The standard InChI is InChI=1S/C19H24FN3O2/c1-11(18-12(2)22-25-14(18)4)21-19(24)23(15-9-10-15)13(3)16-7-5-6-8-17(16)20/h5-8,11,13,15H,9-10H2,1-4H3,(H,21,24)/t11-,13-/m0/s1. The van der Waals surface area contributed by atoms with Gasteiger partial charge in [-0.25, -0.2) is 9.18 Å². The molecular weight excluding hydrogens is 321 g/mol. The summed E-state index contributed by atoms with van der Waals surface area (Å²) < 4.78 is 19.3. The summed E-state index contributed by atoms with van der Waals surface area (Å²) in [6.07, 6.45) is 1.90. The van der Waals surface area contributed by atoms with Crippen molar-refractivity contribution >= 4 is 6.03 Å². The van der Waals surface area contributed by atoms with Gasteiger partial charge in [0.25, 0.3) is 0 Å². The van der Waals surface area contributed by atoms with Crippen LogP contribution in [0.25, 0.3) is 0 Å². The quantitative estimate of drug-likeness (QED) is 0.872. The third-order valence-corrected chi connectivity index (χ3v) is 4.81. The average Bonchev–Trinajstić information content (AvgIpc) is 3.32. The first kappa shape index (κ1) is 17.5. The summed E-state index contributed by atoms with van der Waals surface area (Å²) in [7, 11) is 0. The van der Waals surface area contributed by atoms with Crippen LogP contribution in [0.1, 0.15) is 61.4 Å². The largest absolute Gasteiger partial charge is 0.361 e. The Bertz CT molecular complexity index is 750. The van der Waals surface area contributed by atoms with Crippen molar-refractivity contribution in [2.45, 2.75) is 58.7 Å². The van der Waals surface area contributed by atoms with E-state index in [2.05, 4.69) is 10.5 Å². The van der Waals surface area contributed by atoms with Crippen molar-refractivity contribution in [3.05, 3.63) is 52.7 Å². The number of hydrogen-bond acceptors (Lipinski definition) is 3. The normalized spacial score (nSPS) is 16.4. The molecule has 0 aliphatic heterocycles. The van der Waals surface area contributed by atoms with E-state index in [4.69, 9.17) is 4.52 Å². The van der Waals surface area contributed by atoms with Crippen LogP contribution in [0.15, 0.2) is 28.8 Å². The Hall–Kier alpha value is -2.37. The first-order valence-corrected chi connectivity index (χ1v) is 8.66. The number of halogens is 1. The number of rotatable bonds is 5. The van der Waals surface area contributed by atoms with Crippen LogP contribution >= 0.6 is 0 Å². The van der Waals surface area contributed by atoms with Crippen LogP contribution in [-0.4, -0.2) is 22.1 Å². The number of urea groups is 1. The van der Waals surface area contributed by atoms with Crippen molar-refractivity contribution in [3.8, 4) is 0 Å². The molecule has 5 nitrogen and oxygen atoms in total. The van der Waals surface area contributed by atoms with Gasteiger partial charge in [0, 0.05) is 17.2 Å². The number of carbonyl (C=O) groups is 1. The second-order valence-corrected chi connectivity index (χ2v) is 6.74. The molecule has 1 heterocycles. The molecule has 0 saturated heterocycles. The molecule has 1 fully saturated rings. The SMILES string of the molecule is Cc1noc(C)c1[C@H](C)NC(=O)N(C1CC1)[C@@H](C)c1ccccc1F. The van der Waals surface area contributed by atoms with Crippen molar-refractivity contribution in [1.82, 2.24) is 15.4 Å². The zero-order chi connectivity index (χ0) is 18.1. The van der Waals surface area contributed by atoms with Crippen molar-refractivity contribution in [2.24, 2.45) is 0 Å². The highest BCUT2D eigenvalue weighted by atomic mass is 19.1. The molecule has 2 aromatic rings. The molecule has 1 aromatic heterocycles. The van der Waals surface area contributed by atoms with E-state index in [9.17, 15) is 9.18 Å². The number of benzene rings is 1. The molecule has 0 radical (unpaired) electrons. The summed E-state index contributed by atoms with van der Waals surface area (Å²) in [5.74, 6) is 0.414. The number of carbonyl (C=O) groups excluding carboxylic acids is 1. The highest BCUT2D eigenvalue weighted by Crippen LogP contribution is 2.35. The Morgan fingerprint density at radius 1 is 1.32 bits per heavy atom. The van der Waals surface area contributed by atoms with Crippen molar-refractivity contribution in [2.75, 3.05) is 0 Å². The number of nitrogens with one attached hydrogen (secondary N) is 1. The first-order valence-electron chi connectivity index (χ1n) is 8.66. The first-order chi connectivity index (χ1) is 11.9. The van der Waals surface area contributed by atoms with E-state index in [1.54, 1.807) is 23.1 Å². The van der Waals surface area contributed by atoms with Gasteiger partial charge in [0.2, 0.25) is 0 Å². The number of aryl methyl sites for hydroxylation is 2. The minimum atomic E-state index is -0.328. The van der Waals surface area contributed by atoms with E-state index in [-0.39, 0.29) is 30.0 Å². The summed E-state index contributed by atoms with van der Waals surface area (Å²) in [6.45, 7) is 7.47. The molecule has 1 aliphatic rings. The Morgan fingerprint density at radius 3 is 2.56 bits per heavy atom. The predicted octanol–water partition coefficient (Wildman–Crippen LogP) is 4.43. The van der Waals surface area contributed by atoms with Gasteiger partial charge in [-0.05, 0) is 46.6 Å². The maximum absolute atomic E-state index is 14.2. The highest BCUT2D eigenvalue weighted by molar-refractivity contribution is 5.76. The van der Waals surface area contributed by atoms with E-state index in [0.29, 0.717) is 11.3 Å². The summed E-state index contributed by atoms with van der Waals surface area (Å²) in [5, 5.41) is 6.96. The van der Waals surface area contributed by atoms with E-state index in [0.717, 1.165) is 24.1 Å². The van der Waals surface area contributed by atoms with Gasteiger partial charge in [-0.15, -0.1) is 0 Å². The molecule has 1 aromatic carbocycles. The molecule has 0 bridgehead atoms. The van der Waals surface area contributed by atoms with Gasteiger partial charge in [0.05, 0.1) is 17.8 Å². The third kappa shape index (κ3) is 3.52. The molecule has 3 rings (SSSR count). The summed E-state index contributed by atoms with van der Waals surface area (Å²) in [5.41, 5.74) is 2.20. The molecule has 25 heavy (non-hydrogen) atoms. The van der Waals surface area contributed by atoms with Crippen LogP contribution in [0, 0.1) is 19.7 Å². The maximum atomic E-state index is 14.2. The van der Waals surface area contributed by atoms with Crippen molar-refractivity contribution in [3.63, 3.8) is 0 Å². The summed E-state index contributed by atoms with van der Waals surface area (Å²) >= 11 is 0. The van der Waals surface area contributed by atoms with Gasteiger partial charge in [-0.1, -0.05) is 23.4 Å².